The van der Waals surface area contributed by atoms with E-state index in [0.29, 0.717) is 13.0 Å². The van der Waals surface area contributed by atoms with E-state index in [9.17, 15) is 8.42 Å². The molecule has 0 atom stereocenters. The average molecular weight is 269 g/mol. The van der Waals surface area contributed by atoms with Crippen LogP contribution in [0.5, 0.6) is 0 Å². The van der Waals surface area contributed by atoms with Gasteiger partial charge in [0.1, 0.15) is 5.52 Å². The first-order chi connectivity index (χ1) is 8.49. The van der Waals surface area contributed by atoms with Crippen LogP contribution in [0.25, 0.3) is 11.1 Å². The molecule has 0 saturated heterocycles. The van der Waals surface area contributed by atoms with Gasteiger partial charge in [-0.3, -0.25) is 0 Å². The summed E-state index contributed by atoms with van der Waals surface area (Å²) in [6.45, 7) is 0.351. The minimum absolute atomic E-state index is 0.351. The molecule has 0 spiro atoms. The predicted molar refractivity (Wildman–Crippen MR) is 68.3 cm³/mol. The molecule has 7 heteroatoms. The van der Waals surface area contributed by atoms with Gasteiger partial charge in [0.15, 0.2) is 12.0 Å². The first kappa shape index (κ1) is 13.0. The minimum atomic E-state index is -3.35. The zero-order valence-corrected chi connectivity index (χ0v) is 11.1. The highest BCUT2D eigenvalue weighted by Crippen LogP contribution is 2.14. The number of hydrogen-bond acceptors (Lipinski definition) is 4. The van der Waals surface area contributed by atoms with Crippen LogP contribution in [0.15, 0.2) is 29.0 Å². The summed E-state index contributed by atoms with van der Waals surface area (Å²) in [5.74, 6) is 0. The van der Waals surface area contributed by atoms with Crippen molar-refractivity contribution in [2.45, 2.75) is 6.42 Å². The molecule has 0 bridgehead atoms. The lowest BCUT2D eigenvalue weighted by atomic mass is 10.1. The Kier molecular flexibility index (Phi) is 3.65. The third-order valence-electron chi connectivity index (χ3n) is 2.57. The van der Waals surface area contributed by atoms with E-state index in [2.05, 4.69) is 9.71 Å². The number of fused-ring (bicyclic) bond motifs is 1. The van der Waals surface area contributed by atoms with Crippen molar-refractivity contribution in [1.29, 1.82) is 0 Å². The Morgan fingerprint density at radius 2 is 2.17 bits per heavy atom. The molecule has 0 radical (unpaired) electrons. The van der Waals surface area contributed by atoms with Crippen LogP contribution in [0.4, 0.5) is 0 Å². The van der Waals surface area contributed by atoms with Gasteiger partial charge in [0.2, 0.25) is 0 Å². The van der Waals surface area contributed by atoms with Gasteiger partial charge in [-0.15, -0.1) is 0 Å². The van der Waals surface area contributed by atoms with Crippen molar-refractivity contribution in [1.82, 2.24) is 14.0 Å². The van der Waals surface area contributed by atoms with E-state index in [4.69, 9.17) is 4.42 Å². The number of hydrogen-bond donors (Lipinski definition) is 1. The Morgan fingerprint density at radius 3 is 2.89 bits per heavy atom. The van der Waals surface area contributed by atoms with Crippen LogP contribution >= 0.6 is 0 Å². The molecule has 1 aromatic heterocycles. The summed E-state index contributed by atoms with van der Waals surface area (Å²) in [4.78, 5) is 4.05. The third-order valence-corrected chi connectivity index (χ3v) is 4.10. The van der Waals surface area contributed by atoms with E-state index < -0.39 is 10.2 Å². The SMILES string of the molecule is CN(C)S(=O)(=O)NCCc1ccc2ocnc2c1. The fraction of sp³-hybridized carbons (Fsp3) is 0.364. The van der Waals surface area contributed by atoms with Crippen molar-refractivity contribution >= 4 is 21.3 Å². The van der Waals surface area contributed by atoms with Crippen molar-refractivity contribution in [3.8, 4) is 0 Å². The van der Waals surface area contributed by atoms with Crippen LogP contribution in [-0.2, 0) is 16.6 Å². The van der Waals surface area contributed by atoms with Crippen LogP contribution in [-0.4, -0.2) is 38.3 Å². The number of nitrogens with zero attached hydrogens (tertiary/aromatic N) is 2. The second-order valence-electron chi connectivity index (χ2n) is 4.09. The highest BCUT2D eigenvalue weighted by atomic mass is 32.2. The van der Waals surface area contributed by atoms with E-state index in [1.807, 2.05) is 18.2 Å². The summed E-state index contributed by atoms with van der Waals surface area (Å²) < 4.78 is 31.7. The van der Waals surface area contributed by atoms with Crippen LogP contribution < -0.4 is 4.72 Å². The Labute approximate surface area is 106 Å². The largest absolute Gasteiger partial charge is 0.443 e. The molecule has 0 fully saturated rings. The van der Waals surface area contributed by atoms with E-state index in [-0.39, 0.29) is 0 Å². The standard InChI is InChI=1S/C11H15N3O3S/c1-14(2)18(15,16)13-6-5-9-3-4-11-10(7-9)12-8-17-11/h3-4,7-8,13H,5-6H2,1-2H3. The average Bonchev–Trinajstić information content (AvgIpc) is 2.75. The molecule has 6 nitrogen and oxygen atoms in total. The molecule has 2 aromatic rings. The maximum atomic E-state index is 11.5. The van der Waals surface area contributed by atoms with E-state index >= 15 is 0 Å². The Balaban J connectivity index is 1.98. The molecule has 0 aliphatic carbocycles. The topological polar surface area (TPSA) is 75.4 Å². The van der Waals surface area contributed by atoms with E-state index in [1.54, 1.807) is 0 Å². The van der Waals surface area contributed by atoms with Gasteiger partial charge in [0.25, 0.3) is 10.2 Å². The summed E-state index contributed by atoms with van der Waals surface area (Å²) in [6.07, 6.45) is 2.00. The molecule has 1 heterocycles. The highest BCUT2D eigenvalue weighted by Gasteiger charge is 2.11. The number of nitrogens with one attached hydrogen (secondary N) is 1. The number of benzene rings is 1. The quantitative estimate of drug-likeness (QED) is 0.869. The molecule has 98 valence electrons. The summed E-state index contributed by atoms with van der Waals surface area (Å²) in [6, 6.07) is 5.62. The van der Waals surface area contributed by atoms with Gasteiger partial charge in [-0.2, -0.15) is 12.7 Å². The van der Waals surface area contributed by atoms with Gasteiger partial charge < -0.3 is 4.42 Å². The maximum Gasteiger partial charge on any atom is 0.278 e. The van der Waals surface area contributed by atoms with Gasteiger partial charge >= 0.3 is 0 Å². The molecule has 0 amide bonds. The molecule has 0 aliphatic rings. The Bertz CT molecular complexity index is 634. The summed E-state index contributed by atoms with van der Waals surface area (Å²) >= 11 is 0. The second kappa shape index (κ2) is 5.05. The lowest BCUT2D eigenvalue weighted by molar-refractivity contribution is 0.506. The first-order valence-corrected chi connectivity index (χ1v) is 6.92. The maximum absolute atomic E-state index is 11.5. The molecule has 2 rings (SSSR count). The summed E-state index contributed by atoms with van der Waals surface area (Å²) in [5.41, 5.74) is 2.52. The highest BCUT2D eigenvalue weighted by molar-refractivity contribution is 7.87. The van der Waals surface area contributed by atoms with Gasteiger partial charge in [0, 0.05) is 20.6 Å². The van der Waals surface area contributed by atoms with Crippen molar-refractivity contribution < 1.29 is 12.8 Å². The molecule has 1 aromatic carbocycles. The Morgan fingerprint density at radius 1 is 1.39 bits per heavy atom. The number of aromatic nitrogens is 1. The number of rotatable bonds is 5. The van der Waals surface area contributed by atoms with Gasteiger partial charge in [-0.05, 0) is 24.1 Å². The van der Waals surface area contributed by atoms with Crippen LogP contribution in [0.2, 0.25) is 0 Å². The molecular weight excluding hydrogens is 254 g/mol. The zero-order chi connectivity index (χ0) is 13.2. The predicted octanol–water partition coefficient (Wildman–Crippen LogP) is 0.766. The van der Waals surface area contributed by atoms with Crippen molar-refractivity contribution in [2.24, 2.45) is 0 Å². The lowest BCUT2D eigenvalue weighted by Gasteiger charge is -2.12. The van der Waals surface area contributed by atoms with Gasteiger partial charge in [-0.25, -0.2) is 9.71 Å². The molecule has 0 unspecified atom stereocenters. The lowest BCUT2D eigenvalue weighted by Crippen LogP contribution is -2.36. The van der Waals surface area contributed by atoms with E-state index in [0.717, 1.165) is 21.0 Å². The normalized spacial score (nSPS) is 12.4. The van der Waals surface area contributed by atoms with Crippen molar-refractivity contribution in [3.63, 3.8) is 0 Å². The Hall–Kier alpha value is -1.44. The third kappa shape index (κ3) is 2.87. The van der Waals surface area contributed by atoms with E-state index in [1.165, 1.54) is 20.5 Å². The first-order valence-electron chi connectivity index (χ1n) is 5.48. The zero-order valence-electron chi connectivity index (χ0n) is 10.3. The molecule has 0 saturated carbocycles. The molecule has 0 aliphatic heterocycles. The number of oxazole rings is 1. The molecule has 1 N–H and O–H groups in total. The minimum Gasteiger partial charge on any atom is -0.443 e. The van der Waals surface area contributed by atoms with Crippen molar-refractivity contribution in [3.05, 3.63) is 30.2 Å². The van der Waals surface area contributed by atoms with Crippen LogP contribution in [0, 0.1) is 0 Å². The smallest absolute Gasteiger partial charge is 0.278 e. The van der Waals surface area contributed by atoms with Gasteiger partial charge in [-0.1, -0.05) is 6.07 Å². The fourth-order valence-electron chi connectivity index (χ4n) is 1.51. The van der Waals surface area contributed by atoms with Gasteiger partial charge in [0.05, 0.1) is 0 Å². The van der Waals surface area contributed by atoms with Crippen LogP contribution in [0.1, 0.15) is 5.56 Å². The monoisotopic (exact) mass is 269 g/mol. The van der Waals surface area contributed by atoms with Crippen LogP contribution in [0.3, 0.4) is 0 Å². The second-order valence-corrected chi connectivity index (χ2v) is 6.06. The summed E-state index contributed by atoms with van der Waals surface area (Å²) in [5, 5.41) is 0. The van der Waals surface area contributed by atoms with Crippen molar-refractivity contribution in [2.75, 3.05) is 20.6 Å². The summed E-state index contributed by atoms with van der Waals surface area (Å²) in [7, 11) is -0.371. The fourth-order valence-corrected chi connectivity index (χ4v) is 2.13. The molecular formula is C11H15N3O3S. The molecule has 18 heavy (non-hydrogen) atoms.